The third-order valence-electron chi connectivity index (χ3n) is 6.51. The number of hydrogen-bond donors (Lipinski definition) is 3. The van der Waals surface area contributed by atoms with Gasteiger partial charge in [0.05, 0.1) is 11.0 Å². The molecule has 0 radical (unpaired) electrons. The Morgan fingerprint density at radius 2 is 1.81 bits per heavy atom. The molecular formula is C26H33ClN6O3. The number of fused-ring (bicyclic) bond motifs is 1. The van der Waals surface area contributed by atoms with Crippen molar-refractivity contribution < 1.29 is 14.7 Å². The number of aliphatic carboxylic acids is 1. The predicted molar refractivity (Wildman–Crippen MR) is 143 cm³/mol. The zero-order valence-corrected chi connectivity index (χ0v) is 21.3. The lowest BCUT2D eigenvalue weighted by molar-refractivity contribution is -0.137. The number of hydrogen-bond acceptors (Lipinski definition) is 4. The molecule has 9 nitrogen and oxygen atoms in total. The Morgan fingerprint density at radius 3 is 2.44 bits per heavy atom. The topological polar surface area (TPSA) is 129 Å². The Hall–Kier alpha value is -3.59. The second-order valence-electron chi connectivity index (χ2n) is 9.03. The minimum atomic E-state index is -0.823. The number of nitrogen functional groups attached to an aromatic ring is 1. The monoisotopic (exact) mass is 512 g/mol. The van der Waals surface area contributed by atoms with Crippen molar-refractivity contribution in [2.45, 2.75) is 45.1 Å². The number of nitrogens with zero attached hydrogens (tertiary/aromatic N) is 4. The number of likely N-dealkylation sites (tertiary alicyclic amines) is 1. The lowest BCUT2D eigenvalue weighted by Crippen LogP contribution is -2.43. The largest absolute Gasteiger partial charge is 0.481 e. The molecule has 36 heavy (non-hydrogen) atoms. The number of urea groups is 1. The van der Waals surface area contributed by atoms with E-state index in [9.17, 15) is 9.59 Å². The summed E-state index contributed by atoms with van der Waals surface area (Å²) in [6, 6.07) is 13.3. The van der Waals surface area contributed by atoms with Crippen LogP contribution in [0.1, 0.15) is 49.1 Å². The molecule has 1 aliphatic rings. The summed E-state index contributed by atoms with van der Waals surface area (Å²) >= 11 is 0. The quantitative estimate of drug-likeness (QED) is 0.307. The van der Waals surface area contributed by atoms with Crippen molar-refractivity contribution in [3.05, 3.63) is 59.4 Å². The van der Waals surface area contributed by atoms with E-state index in [0.717, 1.165) is 54.0 Å². The molecule has 1 aromatic heterocycles. The van der Waals surface area contributed by atoms with Crippen LogP contribution >= 0.6 is 12.4 Å². The molecule has 192 valence electrons. The smallest absolute Gasteiger partial charge is 0.324 e. The Morgan fingerprint density at radius 1 is 1.11 bits per heavy atom. The van der Waals surface area contributed by atoms with E-state index in [0.29, 0.717) is 24.9 Å². The first-order valence-corrected chi connectivity index (χ1v) is 12.0. The van der Waals surface area contributed by atoms with Crippen LogP contribution in [0.5, 0.6) is 0 Å². The number of amides is 2. The fraction of sp³-hybridized carbons (Fsp3) is 0.385. The standard InChI is InChI=1S/C26H32N6O3.ClH/c1-30(26(35)31-13-3-2-4-14-31)20-11-12-22-21(17-20)29-23(32(22)15-5-6-24(33)34)16-18-7-9-19(10-8-18)25(27)28;/h7-12,17H,2-6,13-16H2,1H3,(H3,27,28)(H,33,34);1H. The molecule has 2 amide bonds. The summed E-state index contributed by atoms with van der Waals surface area (Å²) in [5.74, 6) is 0.0206. The summed E-state index contributed by atoms with van der Waals surface area (Å²) in [5.41, 5.74) is 9.70. The molecule has 10 heteroatoms. The molecule has 2 aromatic carbocycles. The van der Waals surface area contributed by atoms with E-state index in [-0.39, 0.29) is 30.7 Å². The third-order valence-corrected chi connectivity index (χ3v) is 6.51. The first kappa shape index (κ1) is 27.0. The number of halogens is 1. The molecule has 0 atom stereocenters. The summed E-state index contributed by atoms with van der Waals surface area (Å²) < 4.78 is 2.06. The maximum Gasteiger partial charge on any atom is 0.324 e. The number of piperidine rings is 1. The molecule has 2 heterocycles. The number of amidine groups is 1. The highest BCUT2D eigenvalue weighted by Gasteiger charge is 2.22. The van der Waals surface area contributed by atoms with Crippen LogP contribution in [0.25, 0.3) is 11.0 Å². The van der Waals surface area contributed by atoms with Gasteiger partial charge in [0, 0.05) is 50.8 Å². The number of carbonyl (C=O) groups excluding carboxylic acids is 1. The van der Waals surface area contributed by atoms with E-state index in [1.165, 1.54) is 6.42 Å². The van der Waals surface area contributed by atoms with Gasteiger partial charge in [-0.15, -0.1) is 12.4 Å². The Labute approximate surface area is 216 Å². The van der Waals surface area contributed by atoms with Gasteiger partial charge >= 0.3 is 12.0 Å². The van der Waals surface area contributed by atoms with Gasteiger partial charge in [-0.25, -0.2) is 9.78 Å². The molecule has 3 aromatic rings. The van der Waals surface area contributed by atoms with Gasteiger partial charge in [-0.05, 0) is 49.4 Å². The van der Waals surface area contributed by atoms with Crippen LogP contribution < -0.4 is 10.6 Å². The van der Waals surface area contributed by atoms with E-state index < -0.39 is 5.97 Å². The zero-order valence-electron chi connectivity index (χ0n) is 20.4. The molecule has 1 aliphatic heterocycles. The highest BCUT2D eigenvalue weighted by molar-refractivity contribution is 5.95. The molecule has 0 aliphatic carbocycles. The molecule has 1 saturated heterocycles. The van der Waals surface area contributed by atoms with Gasteiger partial charge in [0.15, 0.2) is 0 Å². The van der Waals surface area contributed by atoms with Gasteiger partial charge in [-0.1, -0.05) is 24.3 Å². The Bertz CT molecular complexity index is 1230. The normalized spacial score (nSPS) is 13.3. The highest BCUT2D eigenvalue weighted by Crippen LogP contribution is 2.26. The van der Waals surface area contributed by atoms with Crippen molar-refractivity contribution >= 4 is 47.0 Å². The van der Waals surface area contributed by atoms with Gasteiger partial charge in [-0.2, -0.15) is 0 Å². The van der Waals surface area contributed by atoms with Gasteiger partial charge in [0.2, 0.25) is 0 Å². The van der Waals surface area contributed by atoms with Gasteiger partial charge in [0.1, 0.15) is 11.7 Å². The van der Waals surface area contributed by atoms with Crippen LogP contribution in [0, 0.1) is 5.41 Å². The van der Waals surface area contributed by atoms with Crippen molar-refractivity contribution in [2.24, 2.45) is 5.73 Å². The summed E-state index contributed by atoms with van der Waals surface area (Å²) in [6.45, 7) is 2.11. The number of rotatable bonds is 8. The number of nitrogens with two attached hydrogens (primary N) is 1. The minimum absolute atomic E-state index is 0. The summed E-state index contributed by atoms with van der Waals surface area (Å²) in [4.78, 5) is 32.5. The van der Waals surface area contributed by atoms with Crippen LogP contribution in [0.2, 0.25) is 0 Å². The number of imidazole rings is 1. The maximum atomic E-state index is 13.0. The third kappa shape index (κ3) is 6.15. The van der Waals surface area contributed by atoms with Crippen molar-refractivity contribution in [1.82, 2.24) is 14.5 Å². The number of carboxylic acid groups (broad SMARTS) is 1. The molecule has 4 N–H and O–H groups in total. The number of benzene rings is 2. The average Bonchev–Trinajstić information content (AvgIpc) is 3.19. The van der Waals surface area contributed by atoms with E-state index in [4.69, 9.17) is 21.2 Å². The van der Waals surface area contributed by atoms with Crippen LogP contribution in [0.15, 0.2) is 42.5 Å². The molecular weight excluding hydrogens is 480 g/mol. The molecule has 0 unspecified atom stereocenters. The lowest BCUT2D eigenvalue weighted by Gasteiger charge is -2.31. The first-order valence-electron chi connectivity index (χ1n) is 12.0. The number of carbonyl (C=O) groups is 2. The lowest BCUT2D eigenvalue weighted by atomic mass is 10.1. The second-order valence-corrected chi connectivity index (χ2v) is 9.03. The Kier molecular flexibility index (Phi) is 8.93. The number of anilines is 1. The molecule has 0 bridgehead atoms. The first-order chi connectivity index (χ1) is 16.8. The highest BCUT2D eigenvalue weighted by atomic mass is 35.5. The van der Waals surface area contributed by atoms with Crippen molar-refractivity contribution in [1.29, 1.82) is 5.41 Å². The summed E-state index contributed by atoms with van der Waals surface area (Å²) in [5, 5.41) is 16.7. The molecule has 1 fully saturated rings. The van der Waals surface area contributed by atoms with Crippen molar-refractivity contribution in [2.75, 3.05) is 25.0 Å². The number of carboxylic acids is 1. The fourth-order valence-electron chi connectivity index (χ4n) is 4.54. The number of aryl methyl sites for hydroxylation is 1. The number of aromatic nitrogens is 2. The summed E-state index contributed by atoms with van der Waals surface area (Å²) in [7, 11) is 1.79. The van der Waals surface area contributed by atoms with Crippen LogP contribution in [-0.2, 0) is 17.8 Å². The Balaban J connectivity index is 0.00000361. The molecule has 4 rings (SSSR count). The van der Waals surface area contributed by atoms with E-state index in [2.05, 4.69) is 4.57 Å². The van der Waals surface area contributed by atoms with Crippen molar-refractivity contribution in [3.8, 4) is 0 Å². The van der Waals surface area contributed by atoms with Gasteiger partial charge in [-0.3, -0.25) is 15.1 Å². The van der Waals surface area contributed by atoms with E-state index in [1.807, 2.05) is 47.4 Å². The predicted octanol–water partition coefficient (Wildman–Crippen LogP) is 4.24. The minimum Gasteiger partial charge on any atom is -0.481 e. The fourth-order valence-corrected chi connectivity index (χ4v) is 4.54. The van der Waals surface area contributed by atoms with Crippen LogP contribution in [-0.4, -0.2) is 57.5 Å². The van der Waals surface area contributed by atoms with E-state index in [1.54, 1.807) is 11.9 Å². The summed E-state index contributed by atoms with van der Waals surface area (Å²) in [6.07, 6.45) is 4.37. The number of nitrogens with one attached hydrogen (secondary N) is 1. The van der Waals surface area contributed by atoms with Crippen molar-refractivity contribution in [3.63, 3.8) is 0 Å². The van der Waals surface area contributed by atoms with Crippen LogP contribution in [0.4, 0.5) is 10.5 Å². The molecule has 0 saturated carbocycles. The zero-order chi connectivity index (χ0) is 24.9. The molecule has 0 spiro atoms. The maximum absolute atomic E-state index is 13.0. The average molecular weight is 513 g/mol. The van der Waals surface area contributed by atoms with Crippen LogP contribution in [0.3, 0.4) is 0 Å². The SMILES string of the molecule is CN(C(=O)N1CCCCC1)c1ccc2c(c1)nc(Cc1ccc(C(=N)N)cc1)n2CCCC(=O)O.Cl. The second kappa shape index (κ2) is 11.9. The van der Waals surface area contributed by atoms with E-state index >= 15 is 0 Å². The van der Waals surface area contributed by atoms with Gasteiger partial charge < -0.3 is 20.3 Å². The van der Waals surface area contributed by atoms with Gasteiger partial charge in [0.25, 0.3) is 0 Å².